The van der Waals surface area contributed by atoms with Crippen LogP contribution in [0.25, 0.3) is 11.1 Å². The van der Waals surface area contributed by atoms with Gasteiger partial charge < -0.3 is 9.30 Å². The van der Waals surface area contributed by atoms with Crippen molar-refractivity contribution in [3.05, 3.63) is 46.4 Å². The van der Waals surface area contributed by atoms with Gasteiger partial charge in [-0.3, -0.25) is 4.79 Å². The van der Waals surface area contributed by atoms with E-state index in [4.69, 9.17) is 4.74 Å². The molecule has 3 nitrogen and oxygen atoms in total. The average Bonchev–Trinajstić information content (AvgIpc) is 3.39. The first-order valence-electron chi connectivity index (χ1n) is 9.19. The Kier molecular flexibility index (Phi) is 4.63. The summed E-state index contributed by atoms with van der Waals surface area (Å²) in [5.41, 5.74) is 3.15. The van der Waals surface area contributed by atoms with Gasteiger partial charge in [-0.25, -0.2) is 0 Å². The van der Waals surface area contributed by atoms with Crippen LogP contribution < -0.4 is 10.3 Å². The van der Waals surface area contributed by atoms with Crippen LogP contribution in [-0.4, -0.2) is 17.4 Å². The van der Waals surface area contributed by atoms with Crippen LogP contribution in [-0.2, 0) is 0 Å². The third-order valence-electron chi connectivity index (χ3n) is 5.36. The summed E-state index contributed by atoms with van der Waals surface area (Å²) in [6.07, 6.45) is 10.1. The molecule has 4 rings (SSSR count). The van der Waals surface area contributed by atoms with Crippen LogP contribution >= 0.6 is 11.8 Å². The van der Waals surface area contributed by atoms with Crippen molar-refractivity contribution < 1.29 is 4.74 Å². The Labute approximate surface area is 153 Å². The summed E-state index contributed by atoms with van der Waals surface area (Å²) in [5.74, 6) is 1.65. The lowest BCUT2D eigenvalue weighted by molar-refractivity contribution is 0.300. The molecule has 2 aromatic rings. The Morgan fingerprint density at radius 2 is 2.00 bits per heavy atom. The van der Waals surface area contributed by atoms with Crippen molar-refractivity contribution in [2.45, 2.75) is 50.0 Å². The molecule has 0 spiro atoms. The number of pyridine rings is 1. The molecule has 0 unspecified atom stereocenters. The van der Waals surface area contributed by atoms with Gasteiger partial charge in [0.2, 0.25) is 0 Å². The van der Waals surface area contributed by atoms with Crippen LogP contribution in [0.5, 0.6) is 5.75 Å². The highest BCUT2D eigenvalue weighted by atomic mass is 32.2. The Morgan fingerprint density at radius 3 is 2.64 bits per heavy atom. The minimum atomic E-state index is 0.148. The molecule has 0 aliphatic heterocycles. The third kappa shape index (κ3) is 3.50. The van der Waals surface area contributed by atoms with E-state index in [9.17, 15) is 4.79 Å². The molecule has 0 saturated heterocycles. The highest BCUT2D eigenvalue weighted by Gasteiger charge is 2.24. The third-order valence-corrected chi connectivity index (χ3v) is 6.08. The summed E-state index contributed by atoms with van der Waals surface area (Å²) >= 11 is 1.73. The number of hydrogen-bond acceptors (Lipinski definition) is 3. The quantitative estimate of drug-likeness (QED) is 0.679. The smallest absolute Gasteiger partial charge is 0.253 e. The maximum Gasteiger partial charge on any atom is 0.253 e. The fraction of sp³-hybridized carbons (Fsp3) is 0.476. The van der Waals surface area contributed by atoms with Crippen LogP contribution in [0.2, 0.25) is 0 Å². The standard InChI is InChI=1S/C21H25NO2S/c1-14-10-16(12-22(21(14)23)17-4-3-5-17)19-11-18(25-2)8-9-20(19)24-13-15-6-7-15/h8-12,15,17H,3-7,13H2,1-2H3. The van der Waals surface area contributed by atoms with Gasteiger partial charge >= 0.3 is 0 Å². The number of ether oxygens (including phenoxy) is 1. The SMILES string of the molecule is CSc1ccc(OCC2CC2)c(-c2cc(C)c(=O)n(C3CCC3)c2)c1. The van der Waals surface area contributed by atoms with Crippen molar-refractivity contribution in [1.82, 2.24) is 4.57 Å². The molecule has 2 saturated carbocycles. The number of nitrogens with zero attached hydrogens (tertiary/aromatic N) is 1. The monoisotopic (exact) mass is 355 g/mol. The molecule has 4 heteroatoms. The summed E-state index contributed by atoms with van der Waals surface area (Å²) in [4.78, 5) is 13.8. The zero-order valence-corrected chi connectivity index (χ0v) is 15.8. The molecule has 0 N–H and O–H groups in total. The fourth-order valence-electron chi connectivity index (χ4n) is 3.31. The van der Waals surface area contributed by atoms with Crippen molar-refractivity contribution in [2.24, 2.45) is 5.92 Å². The Balaban J connectivity index is 1.76. The molecule has 1 aromatic heterocycles. The molecule has 0 bridgehead atoms. The molecule has 0 radical (unpaired) electrons. The maximum absolute atomic E-state index is 12.5. The van der Waals surface area contributed by atoms with Crippen LogP contribution in [0, 0.1) is 12.8 Å². The van der Waals surface area contributed by atoms with Crippen molar-refractivity contribution >= 4 is 11.8 Å². The summed E-state index contributed by atoms with van der Waals surface area (Å²) in [5, 5.41) is 0. The second-order valence-corrected chi connectivity index (χ2v) is 8.21. The van der Waals surface area contributed by atoms with Crippen molar-refractivity contribution in [2.75, 3.05) is 12.9 Å². The van der Waals surface area contributed by atoms with Gasteiger partial charge in [0.05, 0.1) is 6.61 Å². The lowest BCUT2D eigenvalue weighted by Gasteiger charge is -2.28. The van der Waals surface area contributed by atoms with E-state index in [2.05, 4.69) is 24.5 Å². The van der Waals surface area contributed by atoms with E-state index in [1.54, 1.807) is 11.8 Å². The number of aromatic nitrogens is 1. The lowest BCUT2D eigenvalue weighted by atomic mass is 9.92. The minimum absolute atomic E-state index is 0.148. The molecular weight excluding hydrogens is 330 g/mol. The van der Waals surface area contributed by atoms with Gasteiger partial charge in [-0.15, -0.1) is 11.8 Å². The predicted octanol–water partition coefficient (Wildman–Crippen LogP) is 5.06. The second kappa shape index (κ2) is 6.91. The summed E-state index contributed by atoms with van der Waals surface area (Å²) in [6, 6.07) is 8.77. The average molecular weight is 356 g/mol. The van der Waals surface area contributed by atoms with Gasteiger partial charge in [-0.1, -0.05) is 0 Å². The van der Waals surface area contributed by atoms with Gasteiger partial charge in [0.1, 0.15) is 5.75 Å². The first-order chi connectivity index (χ1) is 12.2. The van der Waals surface area contributed by atoms with Crippen molar-refractivity contribution in [1.29, 1.82) is 0 Å². The van der Waals surface area contributed by atoms with E-state index >= 15 is 0 Å². The number of hydrogen-bond donors (Lipinski definition) is 0. The van der Waals surface area contributed by atoms with Gasteiger partial charge in [0.15, 0.2) is 0 Å². The van der Waals surface area contributed by atoms with E-state index in [0.29, 0.717) is 6.04 Å². The minimum Gasteiger partial charge on any atom is -0.493 e. The molecule has 0 amide bonds. The molecule has 132 valence electrons. The first-order valence-corrected chi connectivity index (χ1v) is 10.4. The Bertz CT molecular complexity index is 834. The summed E-state index contributed by atoms with van der Waals surface area (Å²) in [7, 11) is 0. The van der Waals surface area contributed by atoms with Gasteiger partial charge in [-0.2, -0.15) is 0 Å². The van der Waals surface area contributed by atoms with E-state index in [0.717, 1.165) is 47.8 Å². The molecule has 1 heterocycles. The topological polar surface area (TPSA) is 31.2 Å². The highest BCUT2D eigenvalue weighted by molar-refractivity contribution is 7.98. The highest BCUT2D eigenvalue weighted by Crippen LogP contribution is 2.37. The van der Waals surface area contributed by atoms with E-state index in [1.165, 1.54) is 24.2 Å². The van der Waals surface area contributed by atoms with Crippen LogP contribution in [0.4, 0.5) is 0 Å². The van der Waals surface area contributed by atoms with Crippen molar-refractivity contribution in [3.8, 4) is 16.9 Å². The maximum atomic E-state index is 12.5. The molecule has 2 aliphatic carbocycles. The zero-order valence-electron chi connectivity index (χ0n) is 15.0. The van der Waals surface area contributed by atoms with E-state index in [1.807, 2.05) is 23.8 Å². The fourth-order valence-corrected chi connectivity index (χ4v) is 3.75. The van der Waals surface area contributed by atoms with E-state index < -0.39 is 0 Å². The largest absolute Gasteiger partial charge is 0.493 e. The lowest BCUT2D eigenvalue weighted by Crippen LogP contribution is -2.29. The number of aryl methyl sites for hydroxylation is 1. The normalized spacial score (nSPS) is 17.4. The van der Waals surface area contributed by atoms with Gasteiger partial charge in [-0.05, 0) is 75.5 Å². The zero-order chi connectivity index (χ0) is 17.4. The number of benzene rings is 1. The van der Waals surface area contributed by atoms with Crippen LogP contribution in [0.3, 0.4) is 0 Å². The predicted molar refractivity (Wildman–Crippen MR) is 104 cm³/mol. The molecule has 0 atom stereocenters. The van der Waals surface area contributed by atoms with Crippen LogP contribution in [0.1, 0.15) is 43.7 Å². The van der Waals surface area contributed by atoms with Gasteiger partial charge in [0.25, 0.3) is 5.56 Å². The first kappa shape index (κ1) is 16.8. The molecule has 25 heavy (non-hydrogen) atoms. The molecule has 2 aliphatic rings. The Hall–Kier alpha value is -1.68. The molecule has 2 fully saturated rings. The molecular formula is C21H25NO2S. The summed E-state index contributed by atoms with van der Waals surface area (Å²) in [6.45, 7) is 2.72. The van der Waals surface area contributed by atoms with E-state index in [-0.39, 0.29) is 5.56 Å². The van der Waals surface area contributed by atoms with Crippen molar-refractivity contribution in [3.63, 3.8) is 0 Å². The Morgan fingerprint density at radius 1 is 1.20 bits per heavy atom. The molecule has 1 aromatic carbocycles. The summed E-state index contributed by atoms with van der Waals surface area (Å²) < 4.78 is 8.08. The number of rotatable bonds is 6. The second-order valence-electron chi connectivity index (χ2n) is 7.33. The van der Waals surface area contributed by atoms with Gasteiger partial charge in [0, 0.05) is 33.8 Å². The number of thioether (sulfide) groups is 1. The van der Waals surface area contributed by atoms with Crippen LogP contribution in [0.15, 0.2) is 40.2 Å².